The van der Waals surface area contributed by atoms with E-state index in [9.17, 15) is 9.59 Å². The van der Waals surface area contributed by atoms with E-state index < -0.39 is 0 Å². The lowest BCUT2D eigenvalue weighted by atomic mass is 9.81. The Kier molecular flexibility index (Phi) is 2.95. The molecule has 4 nitrogen and oxygen atoms in total. The highest BCUT2D eigenvalue weighted by atomic mass is 35.5. The van der Waals surface area contributed by atoms with Gasteiger partial charge in [0.15, 0.2) is 0 Å². The summed E-state index contributed by atoms with van der Waals surface area (Å²) in [4.78, 5) is 31.1. The molecule has 5 heteroatoms. The van der Waals surface area contributed by atoms with Crippen molar-refractivity contribution in [3.8, 4) is 0 Å². The molecule has 2 amide bonds. The first kappa shape index (κ1) is 13.9. The average molecular weight is 317 g/mol. The van der Waals surface area contributed by atoms with Gasteiger partial charge in [-0.15, -0.1) is 0 Å². The molecule has 22 heavy (non-hydrogen) atoms. The summed E-state index contributed by atoms with van der Waals surface area (Å²) in [6.07, 6.45) is 3.52. The van der Waals surface area contributed by atoms with Crippen molar-refractivity contribution in [3.63, 3.8) is 0 Å². The molecule has 114 valence electrons. The van der Waals surface area contributed by atoms with E-state index in [2.05, 4.69) is 18.8 Å². The van der Waals surface area contributed by atoms with Crippen LogP contribution in [-0.2, 0) is 9.59 Å². The first-order valence-electron chi connectivity index (χ1n) is 7.67. The molecule has 1 aromatic rings. The Balaban J connectivity index is 1.75. The molecule has 0 radical (unpaired) electrons. The Labute approximate surface area is 134 Å². The molecule has 0 spiro atoms. The number of amides is 2. The van der Waals surface area contributed by atoms with Crippen LogP contribution in [-0.4, -0.2) is 16.8 Å². The van der Waals surface area contributed by atoms with E-state index in [1.807, 2.05) is 0 Å². The standard InChI is InChI=1S/C17H17ClN2O2/c1-8(2)13-10-4-5-11(13)15-14(10)16(21)20(17(15)22)12-6-3-9(18)7-19-12/h3,6-7,10-11,14-15H,4-5H2,1-2H3/t10-,11+,14-,15-/m0/s1. The van der Waals surface area contributed by atoms with Crippen LogP contribution in [0.4, 0.5) is 5.82 Å². The Morgan fingerprint density at radius 1 is 1.14 bits per heavy atom. The molecule has 2 bridgehead atoms. The smallest absolute Gasteiger partial charge is 0.239 e. The number of aromatic nitrogens is 1. The quantitative estimate of drug-likeness (QED) is 0.590. The second-order valence-corrected chi connectivity index (χ2v) is 7.08. The molecule has 4 rings (SSSR count). The van der Waals surface area contributed by atoms with Gasteiger partial charge in [0.2, 0.25) is 11.8 Å². The van der Waals surface area contributed by atoms with Crippen LogP contribution in [0.5, 0.6) is 0 Å². The number of allylic oxidation sites excluding steroid dienone is 2. The van der Waals surface area contributed by atoms with E-state index in [1.165, 1.54) is 22.2 Å². The second-order valence-electron chi connectivity index (χ2n) is 6.64. The summed E-state index contributed by atoms with van der Waals surface area (Å²) in [5.74, 6) is 0.336. The molecule has 0 aromatic carbocycles. The van der Waals surface area contributed by atoms with Crippen LogP contribution >= 0.6 is 11.6 Å². The van der Waals surface area contributed by atoms with E-state index in [0.717, 1.165) is 12.8 Å². The average Bonchev–Trinajstić information content (AvgIpc) is 3.11. The summed E-state index contributed by atoms with van der Waals surface area (Å²) in [5, 5.41) is 0.495. The Hall–Kier alpha value is -1.68. The molecular weight excluding hydrogens is 300 g/mol. The van der Waals surface area contributed by atoms with Crippen molar-refractivity contribution < 1.29 is 9.59 Å². The molecule has 2 saturated carbocycles. The summed E-state index contributed by atoms with van der Waals surface area (Å²) in [5.41, 5.74) is 2.64. The number of fused-ring (bicyclic) bond motifs is 5. The van der Waals surface area contributed by atoms with E-state index in [4.69, 9.17) is 11.6 Å². The predicted octanol–water partition coefficient (Wildman–Crippen LogP) is 3.22. The van der Waals surface area contributed by atoms with Crippen molar-refractivity contribution in [1.82, 2.24) is 4.98 Å². The number of hydrogen-bond donors (Lipinski definition) is 0. The zero-order valence-corrected chi connectivity index (χ0v) is 13.3. The number of imide groups is 1. The van der Waals surface area contributed by atoms with Gasteiger partial charge < -0.3 is 0 Å². The fourth-order valence-electron chi connectivity index (χ4n) is 4.72. The third kappa shape index (κ3) is 1.67. The van der Waals surface area contributed by atoms with Crippen molar-refractivity contribution in [1.29, 1.82) is 0 Å². The SMILES string of the molecule is CC(C)=C1[C@H]2CC[C@@H]1[C@@H]1C(=O)N(c3ccc(Cl)cn3)C(=O)[C@H]12. The Morgan fingerprint density at radius 3 is 2.18 bits per heavy atom. The minimum Gasteiger partial charge on any atom is -0.274 e. The van der Waals surface area contributed by atoms with Crippen LogP contribution in [0.3, 0.4) is 0 Å². The molecule has 3 fully saturated rings. The monoisotopic (exact) mass is 316 g/mol. The number of anilines is 1. The second kappa shape index (κ2) is 4.66. The highest BCUT2D eigenvalue weighted by molar-refractivity contribution is 6.30. The van der Waals surface area contributed by atoms with Gasteiger partial charge in [0.1, 0.15) is 5.82 Å². The maximum Gasteiger partial charge on any atom is 0.239 e. The fourth-order valence-corrected chi connectivity index (χ4v) is 4.83. The summed E-state index contributed by atoms with van der Waals surface area (Å²) < 4.78 is 0. The van der Waals surface area contributed by atoms with Crippen LogP contribution in [0.2, 0.25) is 5.02 Å². The van der Waals surface area contributed by atoms with E-state index in [1.54, 1.807) is 12.1 Å². The molecule has 4 atom stereocenters. The van der Waals surface area contributed by atoms with Crippen molar-refractivity contribution in [2.24, 2.45) is 23.7 Å². The van der Waals surface area contributed by atoms with E-state index in [0.29, 0.717) is 10.8 Å². The largest absolute Gasteiger partial charge is 0.274 e. The number of pyridine rings is 1. The van der Waals surface area contributed by atoms with Crippen molar-refractivity contribution in [2.75, 3.05) is 4.90 Å². The highest BCUT2D eigenvalue weighted by Gasteiger charge is 2.63. The number of carbonyl (C=O) groups excluding carboxylic acids is 2. The van der Waals surface area contributed by atoms with Gasteiger partial charge in [0.05, 0.1) is 16.9 Å². The first-order chi connectivity index (χ1) is 10.5. The molecular formula is C17H17ClN2O2. The van der Waals surface area contributed by atoms with Crippen LogP contribution in [0.15, 0.2) is 29.5 Å². The number of rotatable bonds is 1. The van der Waals surface area contributed by atoms with Gasteiger partial charge >= 0.3 is 0 Å². The lowest BCUT2D eigenvalue weighted by Crippen LogP contribution is -2.33. The highest BCUT2D eigenvalue weighted by Crippen LogP contribution is 2.60. The summed E-state index contributed by atoms with van der Waals surface area (Å²) in [7, 11) is 0. The van der Waals surface area contributed by atoms with Crippen LogP contribution < -0.4 is 4.90 Å². The molecule has 1 saturated heterocycles. The third-order valence-corrected chi connectivity index (χ3v) is 5.59. The van der Waals surface area contributed by atoms with E-state index in [-0.39, 0.29) is 35.5 Å². The van der Waals surface area contributed by atoms with Crippen LogP contribution in [0.1, 0.15) is 26.7 Å². The van der Waals surface area contributed by atoms with Gasteiger partial charge in [-0.2, -0.15) is 0 Å². The van der Waals surface area contributed by atoms with Crippen LogP contribution in [0.25, 0.3) is 0 Å². The van der Waals surface area contributed by atoms with Gasteiger partial charge in [0, 0.05) is 6.20 Å². The lowest BCUT2D eigenvalue weighted by molar-refractivity contribution is -0.123. The van der Waals surface area contributed by atoms with Gasteiger partial charge in [0.25, 0.3) is 0 Å². The maximum absolute atomic E-state index is 12.9. The summed E-state index contributed by atoms with van der Waals surface area (Å²) in [6, 6.07) is 3.30. The number of carbonyl (C=O) groups is 2. The molecule has 1 aliphatic heterocycles. The van der Waals surface area contributed by atoms with Gasteiger partial charge in [-0.25, -0.2) is 9.88 Å². The van der Waals surface area contributed by atoms with Crippen molar-refractivity contribution >= 4 is 29.2 Å². The fraction of sp³-hybridized carbons (Fsp3) is 0.471. The maximum atomic E-state index is 12.9. The zero-order chi connectivity index (χ0) is 15.6. The van der Waals surface area contributed by atoms with Crippen molar-refractivity contribution in [2.45, 2.75) is 26.7 Å². The minimum atomic E-state index is -0.186. The lowest BCUT2D eigenvalue weighted by Gasteiger charge is -2.18. The predicted molar refractivity (Wildman–Crippen MR) is 83.3 cm³/mol. The third-order valence-electron chi connectivity index (χ3n) is 5.37. The van der Waals surface area contributed by atoms with Gasteiger partial charge in [-0.1, -0.05) is 22.7 Å². The number of nitrogens with zero attached hydrogens (tertiary/aromatic N) is 2. The Bertz CT molecular complexity index is 674. The van der Waals surface area contributed by atoms with Crippen molar-refractivity contribution in [3.05, 3.63) is 34.5 Å². The Morgan fingerprint density at radius 2 is 1.73 bits per heavy atom. The molecule has 0 N–H and O–H groups in total. The summed E-state index contributed by atoms with van der Waals surface area (Å²) >= 11 is 5.84. The topological polar surface area (TPSA) is 50.3 Å². The molecule has 0 unspecified atom stereocenters. The number of hydrogen-bond acceptors (Lipinski definition) is 3. The van der Waals surface area contributed by atoms with E-state index >= 15 is 0 Å². The normalized spacial score (nSPS) is 32.9. The van der Waals surface area contributed by atoms with Gasteiger partial charge in [-0.05, 0) is 50.7 Å². The first-order valence-corrected chi connectivity index (χ1v) is 8.05. The van der Waals surface area contributed by atoms with Crippen LogP contribution in [0, 0.1) is 23.7 Å². The number of halogens is 1. The molecule has 3 aliphatic rings. The molecule has 2 heterocycles. The summed E-state index contributed by atoms with van der Waals surface area (Å²) in [6.45, 7) is 4.18. The minimum absolute atomic E-state index is 0.0872. The van der Waals surface area contributed by atoms with Gasteiger partial charge in [-0.3, -0.25) is 9.59 Å². The zero-order valence-electron chi connectivity index (χ0n) is 12.5. The molecule has 2 aliphatic carbocycles. The molecule has 1 aromatic heterocycles.